The lowest BCUT2D eigenvalue weighted by Gasteiger charge is -2.29. The van der Waals surface area contributed by atoms with Crippen molar-refractivity contribution in [2.75, 3.05) is 26.4 Å². The van der Waals surface area contributed by atoms with Crippen molar-refractivity contribution in [3.8, 4) is 54.6 Å². The van der Waals surface area contributed by atoms with Gasteiger partial charge in [0.25, 0.3) is 0 Å². The Balaban J connectivity index is 0.000000235. The molecule has 12 aromatic rings. The van der Waals surface area contributed by atoms with Crippen molar-refractivity contribution in [2.24, 2.45) is 0 Å². The normalized spacial score (nSPS) is 11.7. The van der Waals surface area contributed by atoms with Crippen molar-refractivity contribution in [1.82, 2.24) is 0 Å². The summed E-state index contributed by atoms with van der Waals surface area (Å²) in [4.78, 5) is 34.8. The Morgan fingerprint density at radius 3 is 0.748 bits per heavy atom. The minimum Gasteiger partial charge on any atom is -0.340 e. The van der Waals surface area contributed by atoms with E-state index in [4.69, 9.17) is 70.2 Å². The van der Waals surface area contributed by atoms with Crippen LogP contribution in [-0.4, -0.2) is 38.0 Å². The number of nitriles is 9. The van der Waals surface area contributed by atoms with Crippen molar-refractivity contribution >= 4 is 220 Å². The summed E-state index contributed by atoms with van der Waals surface area (Å²) in [5.41, 5.74) is 12.3. The number of hydrogen-bond donors (Lipinski definition) is 0. The van der Waals surface area contributed by atoms with Gasteiger partial charge in [-0.15, -0.1) is 0 Å². The van der Waals surface area contributed by atoms with Gasteiger partial charge in [0.05, 0.1) is 134 Å². The van der Waals surface area contributed by atoms with Gasteiger partial charge in [0.15, 0.2) is 28.6 Å². The van der Waals surface area contributed by atoms with E-state index in [2.05, 4.69) is 230 Å². The van der Waals surface area contributed by atoms with Gasteiger partial charge in [-0.05, 0) is 242 Å². The van der Waals surface area contributed by atoms with Gasteiger partial charge in [0.2, 0.25) is 11.6 Å². The first-order valence-corrected chi connectivity index (χ1v) is 45.0. The van der Waals surface area contributed by atoms with Gasteiger partial charge in [-0.25, -0.2) is 14.5 Å². The summed E-state index contributed by atoms with van der Waals surface area (Å²) >= 11 is 41.7. The molecule has 0 spiro atoms. The summed E-state index contributed by atoms with van der Waals surface area (Å²) in [6.45, 7) is 23.0. The molecule has 14 rings (SSSR count). The van der Waals surface area contributed by atoms with Crippen LogP contribution in [0.3, 0.4) is 0 Å². The second kappa shape index (κ2) is 50.3. The maximum absolute atomic E-state index is 12.5. The number of hydrogen-bond acceptors (Lipinski definition) is 15. The number of rotatable bonds is 12. The molecular formula is C97H60Br12N12O6. The molecule has 0 aromatic heterocycles. The fourth-order valence-electron chi connectivity index (χ4n) is 12.4. The van der Waals surface area contributed by atoms with Gasteiger partial charge in [-0.2, -0.15) is 47.4 Å². The van der Waals surface area contributed by atoms with Gasteiger partial charge in [-0.3, -0.25) is 9.59 Å². The molecule has 2 saturated heterocycles. The molecule has 0 saturated carbocycles. The van der Waals surface area contributed by atoms with E-state index in [1.807, 2.05) is 140 Å². The fraction of sp³-hybridized carbons (Fsp3) is 0.113. The average molecular weight is 2450 g/mol. The number of nitrogens with zero attached hydrogens (tertiary/aromatic N) is 12. The molecule has 0 N–H and O–H groups in total. The van der Waals surface area contributed by atoms with Crippen LogP contribution in [0.4, 0.5) is 17.1 Å². The molecule has 2 heterocycles. The highest BCUT2D eigenvalue weighted by Gasteiger charge is 2.43. The molecule has 0 aliphatic carbocycles. The van der Waals surface area contributed by atoms with Crippen LogP contribution >= 0.6 is 191 Å². The Bertz CT molecular complexity index is 6070. The second-order valence-electron chi connectivity index (χ2n) is 26.1. The third-order valence-corrected chi connectivity index (χ3v) is 22.8. The van der Waals surface area contributed by atoms with Gasteiger partial charge in [0, 0.05) is 115 Å². The zero-order valence-corrected chi connectivity index (χ0v) is 82.4. The summed E-state index contributed by atoms with van der Waals surface area (Å²) in [6.07, 6.45) is 1.37. The number of carbonyl (C=O) groups excluding carboxylic acids is 2. The molecule has 127 heavy (non-hydrogen) atoms. The summed E-state index contributed by atoms with van der Waals surface area (Å²) < 4.78 is 35.5. The molecule has 2 aliphatic rings. The molecule has 2 fully saturated rings. The fourth-order valence-corrected chi connectivity index (χ4v) is 20.3. The number of ether oxygens (including phenoxy) is 4. The highest BCUT2D eigenvalue weighted by molar-refractivity contribution is 9.12. The maximum Gasteiger partial charge on any atom is 0.222 e. The van der Waals surface area contributed by atoms with E-state index in [0.29, 0.717) is 94.2 Å². The minimum atomic E-state index is -1.36. The molecular weight excluding hydrogens is 2390 g/mol. The van der Waals surface area contributed by atoms with Crippen LogP contribution < -0.4 is 0 Å². The topological polar surface area (TPSA) is 298 Å². The van der Waals surface area contributed by atoms with E-state index in [9.17, 15) is 25.4 Å². The largest absolute Gasteiger partial charge is 0.340 e. The van der Waals surface area contributed by atoms with Crippen LogP contribution in [0.5, 0.6) is 0 Å². The van der Waals surface area contributed by atoms with Gasteiger partial charge in [-0.1, -0.05) is 225 Å². The van der Waals surface area contributed by atoms with E-state index in [0.717, 1.165) is 82.3 Å². The first-order valence-electron chi connectivity index (χ1n) is 35.5. The van der Waals surface area contributed by atoms with Gasteiger partial charge >= 0.3 is 0 Å². The number of carbonyl (C=O) groups is 2. The van der Waals surface area contributed by atoms with Crippen LogP contribution in [0.25, 0.3) is 14.5 Å². The highest BCUT2D eigenvalue weighted by atomic mass is 79.9. The zero-order valence-electron chi connectivity index (χ0n) is 63.4. The standard InChI is InChI=1S/C19H10N4O2.C17H6N4O.C17H8N4.C15H10Br4O2.C13H6Br4O.C13H8Br4.3CH4/c1-23-18-8-15(12-22)7-17(9-18)19(24-2-3-25-19)16-5-13(10-20)4-14(6-16)11-21;1-21-16-6-13(10-20)5-15(7-16)17(22)14-3-11(8-18)2-12(4-14)9-19;1-21-17-7-13(5-16(8-17)11-20)2-12-3-14(9-18)6-15(4-12)10-19;16-11-3-9(4-12(17)7-11)15(20-1-2-21-15)10-5-13(18)8-14(19)6-10;14-9-1-7(2-10(15)5-9)13(18)8-3-11(16)6-12(17)4-8;14-10-2-8(3-11(15)6-10)1-9-4-12(16)7-13(17)5-9;;;/h4-9H,2-3H2;2-7H;3-8H,2H2;3-8H,1-2H2;1-6H;2-7H,1H2;3*1H4. The predicted molar refractivity (Wildman–Crippen MR) is 529 cm³/mol. The Kier molecular flexibility index (Phi) is 41.7. The lowest BCUT2D eigenvalue weighted by molar-refractivity contribution is -0.130. The summed E-state index contributed by atoms with van der Waals surface area (Å²) in [7, 11) is 0. The number of halogens is 12. The summed E-state index contributed by atoms with van der Waals surface area (Å²) in [5.74, 6) is -2.70. The van der Waals surface area contributed by atoms with Gasteiger partial charge < -0.3 is 18.9 Å². The molecule has 18 nitrogen and oxygen atoms in total. The number of ketones is 2. The highest BCUT2D eigenvalue weighted by Crippen LogP contribution is 2.44. The van der Waals surface area contributed by atoms with Gasteiger partial charge in [0.1, 0.15) is 0 Å². The van der Waals surface area contributed by atoms with Crippen LogP contribution in [0.2, 0.25) is 0 Å². The Morgan fingerprint density at radius 1 is 0.252 bits per heavy atom. The first kappa shape index (κ1) is 105. The van der Waals surface area contributed by atoms with Crippen LogP contribution in [0.15, 0.2) is 272 Å². The molecule has 0 atom stereocenters. The third kappa shape index (κ3) is 29.8. The van der Waals surface area contributed by atoms with E-state index in [1.54, 1.807) is 48.5 Å². The summed E-state index contributed by atoms with van der Waals surface area (Å²) in [5, 5.41) is 81.4. The van der Waals surface area contributed by atoms with Crippen LogP contribution in [0, 0.1) is 122 Å². The Hall–Kier alpha value is -10.5. The lowest BCUT2D eigenvalue weighted by atomic mass is 9.92. The molecule has 2 aliphatic heterocycles. The molecule has 12 aromatic carbocycles. The quantitative estimate of drug-likeness (QED) is 0.0811. The minimum absolute atomic E-state index is 0. The lowest BCUT2D eigenvalue weighted by Crippen LogP contribution is -2.29. The number of benzene rings is 12. The molecule has 0 unspecified atom stereocenters. The van der Waals surface area contributed by atoms with Crippen molar-refractivity contribution in [3.05, 3.63) is 423 Å². The second-order valence-corrected chi connectivity index (χ2v) is 37.1. The Morgan fingerprint density at radius 2 is 0.449 bits per heavy atom. The van der Waals surface area contributed by atoms with E-state index < -0.39 is 17.4 Å². The molecule has 0 radical (unpaired) electrons. The molecule has 0 amide bonds. The first-order chi connectivity index (χ1) is 59.4. The Labute approximate surface area is 837 Å². The predicted octanol–water partition coefficient (Wildman–Crippen LogP) is 29.8. The molecule has 628 valence electrons. The molecule has 30 heteroatoms. The van der Waals surface area contributed by atoms with Crippen molar-refractivity contribution in [3.63, 3.8) is 0 Å². The molecule has 0 bridgehead atoms. The van der Waals surface area contributed by atoms with Crippen molar-refractivity contribution in [1.29, 1.82) is 47.4 Å². The smallest absolute Gasteiger partial charge is 0.222 e. The van der Waals surface area contributed by atoms with Crippen LogP contribution in [-0.2, 0) is 43.4 Å². The monoisotopic (exact) mass is 2440 g/mol. The van der Waals surface area contributed by atoms with E-state index in [1.165, 1.54) is 71.8 Å². The average Bonchev–Trinajstić information content (AvgIpc) is 1.71. The maximum atomic E-state index is 12.5. The van der Waals surface area contributed by atoms with E-state index in [-0.39, 0.29) is 67.3 Å². The van der Waals surface area contributed by atoms with Crippen molar-refractivity contribution in [2.45, 2.75) is 46.7 Å². The summed E-state index contributed by atoms with van der Waals surface area (Å²) in [6, 6.07) is 81.0. The zero-order chi connectivity index (χ0) is 90.0. The van der Waals surface area contributed by atoms with Crippen LogP contribution in [0.1, 0.15) is 149 Å². The third-order valence-electron chi connectivity index (χ3n) is 17.3. The van der Waals surface area contributed by atoms with Crippen molar-refractivity contribution < 1.29 is 28.5 Å². The van der Waals surface area contributed by atoms with E-state index >= 15 is 0 Å². The SMILES string of the molecule is Brc1cc(Br)cc(C2(c3cc(Br)cc(Br)c3)OCCO2)c1.Brc1cc(Br)cc(Cc2cc(Br)cc(Br)c2)c1.C.C.C.O=C(c1cc(Br)cc(Br)c1)c1cc(Br)cc(Br)c1.[C-]#[N+]c1cc(C#N)cc(C(=O)c2cc(C#N)cc(C#N)c2)c1.[C-]#[N+]c1cc(C#N)cc(C2(c3cc(C#N)cc(C#N)c3)OCCO2)c1.[C-]#[N+]c1cc(C#N)cc(Cc2cc(C#N)cc(C#N)c2)c1.